The Morgan fingerprint density at radius 1 is 1.06 bits per heavy atom. The number of hydrogen-bond donors (Lipinski definition) is 0. The summed E-state index contributed by atoms with van der Waals surface area (Å²) in [5.41, 5.74) is -1.09. The lowest BCUT2D eigenvalue weighted by Gasteiger charge is -2.55. The van der Waals surface area contributed by atoms with E-state index in [4.69, 9.17) is 4.74 Å². The molecule has 1 aromatic rings. The zero-order valence-electron chi connectivity index (χ0n) is 17.6. The van der Waals surface area contributed by atoms with Gasteiger partial charge in [0.2, 0.25) is 0 Å². The van der Waals surface area contributed by atoms with Gasteiger partial charge in [0.05, 0.1) is 16.9 Å². The molecule has 4 bridgehead atoms. The van der Waals surface area contributed by atoms with Crippen LogP contribution in [0.1, 0.15) is 65.7 Å². The molecule has 0 aromatic heterocycles. The van der Waals surface area contributed by atoms with Crippen LogP contribution in [0.5, 0.6) is 0 Å². The first kappa shape index (κ1) is 20.8. The van der Waals surface area contributed by atoms with Gasteiger partial charge in [0.25, 0.3) is 17.5 Å². The van der Waals surface area contributed by atoms with Gasteiger partial charge in [-0.05, 0) is 62.3 Å². The second-order valence-electron chi connectivity index (χ2n) is 9.75. The first-order valence-electron chi connectivity index (χ1n) is 11.1. The van der Waals surface area contributed by atoms with Crippen molar-refractivity contribution >= 4 is 29.3 Å². The number of rotatable bonds is 7. The summed E-state index contributed by atoms with van der Waals surface area (Å²) in [6.07, 6.45) is 6.04. The number of nitrogens with zero attached hydrogens (tertiary/aromatic N) is 2. The van der Waals surface area contributed by atoms with Gasteiger partial charge in [-0.2, -0.15) is 0 Å². The van der Waals surface area contributed by atoms with Gasteiger partial charge in [-0.3, -0.25) is 34.2 Å². The molecule has 0 saturated heterocycles. The molecule has 4 saturated carbocycles. The number of ether oxygens (including phenoxy) is 1. The maximum atomic E-state index is 13.0. The van der Waals surface area contributed by atoms with E-state index < -0.39 is 28.4 Å². The number of fused-ring (bicyclic) bond motifs is 1. The Morgan fingerprint density at radius 3 is 2.28 bits per heavy atom. The minimum Gasteiger partial charge on any atom is -0.458 e. The lowest BCUT2D eigenvalue weighted by atomic mass is 9.48. The number of Topliss-reactive ketones (excluding diaryl/α,β-unsaturated/α-hetero) is 1. The molecule has 4 fully saturated rings. The number of amides is 2. The molecule has 1 heterocycles. The van der Waals surface area contributed by atoms with Gasteiger partial charge in [-0.1, -0.05) is 6.07 Å². The van der Waals surface area contributed by atoms with Crippen LogP contribution in [-0.2, 0) is 14.3 Å². The summed E-state index contributed by atoms with van der Waals surface area (Å²) in [5.74, 6) is -0.326. The van der Waals surface area contributed by atoms with E-state index in [2.05, 4.69) is 0 Å². The molecule has 0 N–H and O–H groups in total. The Kier molecular flexibility index (Phi) is 4.87. The molecule has 5 aliphatic rings. The topological polar surface area (TPSA) is 124 Å². The van der Waals surface area contributed by atoms with Gasteiger partial charge in [0.15, 0.2) is 12.4 Å². The van der Waals surface area contributed by atoms with Crippen LogP contribution in [0.2, 0.25) is 0 Å². The average molecular weight is 440 g/mol. The second kappa shape index (κ2) is 7.50. The smallest absolute Gasteiger partial charge is 0.308 e. The summed E-state index contributed by atoms with van der Waals surface area (Å²) in [6.45, 7) is -0.535. The van der Waals surface area contributed by atoms with E-state index >= 15 is 0 Å². The molecule has 2 amide bonds. The molecule has 9 nitrogen and oxygen atoms in total. The summed E-state index contributed by atoms with van der Waals surface area (Å²) in [4.78, 5) is 61.6. The minimum atomic E-state index is -0.797. The highest BCUT2D eigenvalue weighted by Gasteiger charge is 2.54. The van der Waals surface area contributed by atoms with Crippen molar-refractivity contribution in [1.29, 1.82) is 0 Å². The molecule has 1 aliphatic heterocycles. The monoisotopic (exact) mass is 440 g/mol. The molecule has 9 heteroatoms. The number of carbonyl (C=O) groups is 4. The van der Waals surface area contributed by atoms with Crippen LogP contribution in [0.15, 0.2) is 18.2 Å². The summed E-state index contributed by atoms with van der Waals surface area (Å²) in [5, 5.41) is 11.2. The van der Waals surface area contributed by atoms with E-state index in [1.54, 1.807) is 0 Å². The van der Waals surface area contributed by atoms with E-state index in [1.807, 2.05) is 0 Å². The number of nitro benzene ring substituents is 1. The average Bonchev–Trinajstić information content (AvgIpc) is 2.99. The third-order valence-corrected chi connectivity index (χ3v) is 7.71. The number of imide groups is 1. The molecule has 1 aromatic carbocycles. The van der Waals surface area contributed by atoms with Crippen LogP contribution in [0, 0.1) is 33.3 Å². The molecule has 32 heavy (non-hydrogen) atoms. The fourth-order valence-corrected chi connectivity index (χ4v) is 6.70. The van der Waals surface area contributed by atoms with Crippen LogP contribution in [0.3, 0.4) is 0 Å². The molecular weight excluding hydrogens is 416 g/mol. The minimum absolute atomic E-state index is 0.0127. The zero-order valence-corrected chi connectivity index (χ0v) is 17.6. The number of carbonyl (C=O) groups excluding carboxylic acids is 4. The van der Waals surface area contributed by atoms with Crippen LogP contribution in [-0.4, -0.2) is 46.5 Å². The molecule has 4 aliphatic carbocycles. The van der Waals surface area contributed by atoms with Crippen LogP contribution >= 0.6 is 0 Å². The van der Waals surface area contributed by atoms with Crippen molar-refractivity contribution in [3.05, 3.63) is 39.4 Å². The Bertz CT molecular complexity index is 1010. The van der Waals surface area contributed by atoms with Crippen molar-refractivity contribution in [2.45, 2.75) is 44.9 Å². The lowest BCUT2D eigenvalue weighted by Crippen LogP contribution is -2.51. The highest BCUT2D eigenvalue weighted by molar-refractivity contribution is 6.23. The molecule has 0 atom stereocenters. The zero-order chi connectivity index (χ0) is 22.6. The standard InChI is InChI=1S/C23H24N2O7/c26-18(23-9-13-6-14(10-23)8-15(7-13)11-23)12-32-19(27)4-5-24-21(28)16-2-1-3-17(25(30)31)20(16)22(24)29/h1-3,13-15H,4-12H2. The van der Waals surface area contributed by atoms with E-state index in [0.717, 1.165) is 30.2 Å². The highest BCUT2D eigenvalue weighted by Crippen LogP contribution is 2.60. The number of hydrogen-bond acceptors (Lipinski definition) is 7. The largest absolute Gasteiger partial charge is 0.458 e. The Balaban J connectivity index is 1.17. The first-order valence-corrected chi connectivity index (χ1v) is 11.1. The quantitative estimate of drug-likeness (QED) is 0.276. The fraction of sp³-hybridized carbons (Fsp3) is 0.565. The van der Waals surface area contributed by atoms with Crippen molar-refractivity contribution in [2.75, 3.05) is 13.2 Å². The molecule has 0 unspecified atom stereocenters. The summed E-state index contributed by atoms with van der Waals surface area (Å²) in [6, 6.07) is 3.86. The molecule has 0 spiro atoms. The van der Waals surface area contributed by atoms with E-state index in [-0.39, 0.29) is 41.9 Å². The predicted molar refractivity (Wildman–Crippen MR) is 110 cm³/mol. The summed E-state index contributed by atoms with van der Waals surface area (Å²) >= 11 is 0. The number of ketones is 1. The highest BCUT2D eigenvalue weighted by atomic mass is 16.6. The van der Waals surface area contributed by atoms with Crippen molar-refractivity contribution in [2.24, 2.45) is 23.2 Å². The Hall–Kier alpha value is -3.10. The van der Waals surface area contributed by atoms with E-state index in [0.29, 0.717) is 17.8 Å². The van der Waals surface area contributed by atoms with Crippen LogP contribution < -0.4 is 0 Å². The third-order valence-electron chi connectivity index (χ3n) is 7.71. The third kappa shape index (κ3) is 3.30. The van der Waals surface area contributed by atoms with Gasteiger partial charge in [-0.15, -0.1) is 0 Å². The van der Waals surface area contributed by atoms with Gasteiger partial charge in [0, 0.05) is 18.0 Å². The van der Waals surface area contributed by atoms with Crippen molar-refractivity contribution in [3.8, 4) is 0 Å². The Morgan fingerprint density at radius 2 is 1.69 bits per heavy atom. The maximum Gasteiger partial charge on any atom is 0.308 e. The fourth-order valence-electron chi connectivity index (χ4n) is 6.70. The SMILES string of the molecule is O=C(CCN1C(=O)c2cccc([N+](=O)[O-])c2C1=O)OCC(=O)C12CC3CC(CC(C3)C1)C2. The molecule has 0 radical (unpaired) electrons. The Labute approximate surface area is 184 Å². The lowest BCUT2D eigenvalue weighted by molar-refractivity contribution is -0.385. The predicted octanol–water partition coefficient (Wildman–Crippen LogP) is 2.91. The number of nitro groups is 1. The normalized spacial score (nSPS) is 29.9. The van der Waals surface area contributed by atoms with Crippen molar-refractivity contribution in [1.82, 2.24) is 4.90 Å². The maximum absolute atomic E-state index is 13.0. The van der Waals surface area contributed by atoms with Gasteiger partial charge < -0.3 is 4.74 Å². The van der Waals surface area contributed by atoms with Crippen molar-refractivity contribution in [3.63, 3.8) is 0 Å². The van der Waals surface area contributed by atoms with Crippen molar-refractivity contribution < 1.29 is 28.8 Å². The van der Waals surface area contributed by atoms with E-state index in [9.17, 15) is 29.3 Å². The number of esters is 1. The van der Waals surface area contributed by atoms with Gasteiger partial charge >= 0.3 is 5.97 Å². The molecule has 168 valence electrons. The molecule has 6 rings (SSSR count). The summed E-state index contributed by atoms with van der Waals surface area (Å²) in [7, 11) is 0. The van der Waals surface area contributed by atoms with Crippen LogP contribution in [0.4, 0.5) is 5.69 Å². The van der Waals surface area contributed by atoms with Crippen LogP contribution in [0.25, 0.3) is 0 Å². The molecular formula is C23H24N2O7. The number of benzene rings is 1. The summed E-state index contributed by atoms with van der Waals surface area (Å²) < 4.78 is 5.22. The van der Waals surface area contributed by atoms with E-state index in [1.165, 1.54) is 31.4 Å². The van der Waals surface area contributed by atoms with Gasteiger partial charge in [0.1, 0.15) is 5.56 Å². The van der Waals surface area contributed by atoms with Gasteiger partial charge in [-0.25, -0.2) is 0 Å². The first-order chi connectivity index (χ1) is 15.3. The second-order valence-corrected chi connectivity index (χ2v) is 9.75.